The summed E-state index contributed by atoms with van der Waals surface area (Å²) in [6.07, 6.45) is -0.927. The lowest BCUT2D eigenvalue weighted by molar-refractivity contribution is 0.0565. The minimum Gasteiger partial charge on any atom is -0.438 e. The third-order valence-corrected chi connectivity index (χ3v) is 1.91. The Morgan fingerprint density at radius 2 is 1.45 bits per heavy atom. The van der Waals surface area contributed by atoms with E-state index >= 15 is 0 Å². The van der Waals surface area contributed by atoms with Gasteiger partial charge < -0.3 is 25.0 Å². The standard InChI is InChI=1S/C6H6.C4H9O7P.CH5N/c1-2-4-6-5-3-1;1-9-4(5)10-2-3-11-12(6,7)8;1-2/h1-6H;2-3H2,1H3,(H2,6,7,8);2H2,1H3. The molecule has 4 N–H and O–H groups in total. The molecule has 0 unspecified atom stereocenters. The second-order valence-electron chi connectivity index (χ2n) is 2.78. The number of hydrogen-bond donors (Lipinski definition) is 3. The van der Waals surface area contributed by atoms with Gasteiger partial charge in [-0.1, -0.05) is 36.4 Å². The Balaban J connectivity index is 0. The molecule has 0 bridgehead atoms. The van der Waals surface area contributed by atoms with Crippen molar-refractivity contribution in [2.75, 3.05) is 27.4 Å². The Bertz CT molecular complexity index is 342. The van der Waals surface area contributed by atoms with Gasteiger partial charge in [0.25, 0.3) is 0 Å². The van der Waals surface area contributed by atoms with Crippen LogP contribution in [-0.2, 0) is 18.6 Å². The zero-order chi connectivity index (χ0) is 15.9. The normalized spacial score (nSPS) is 9.25. The molecule has 1 aromatic carbocycles. The number of hydrogen-bond acceptors (Lipinski definition) is 6. The summed E-state index contributed by atoms with van der Waals surface area (Å²) in [6, 6.07) is 12.0. The van der Waals surface area contributed by atoms with Crippen molar-refractivity contribution >= 4 is 14.0 Å². The van der Waals surface area contributed by atoms with Crippen molar-refractivity contribution in [1.82, 2.24) is 0 Å². The molecule has 0 saturated carbocycles. The number of methoxy groups -OCH3 is 1. The Kier molecular flexibility index (Phi) is 14.6. The highest BCUT2D eigenvalue weighted by Crippen LogP contribution is 2.35. The van der Waals surface area contributed by atoms with Gasteiger partial charge in [-0.2, -0.15) is 0 Å². The van der Waals surface area contributed by atoms with Gasteiger partial charge in [-0.05, 0) is 7.05 Å². The average Bonchev–Trinajstić information content (AvgIpc) is 2.47. The number of phosphoric ester groups is 1. The fourth-order valence-corrected chi connectivity index (χ4v) is 1.04. The van der Waals surface area contributed by atoms with Crippen LogP contribution >= 0.6 is 7.82 Å². The van der Waals surface area contributed by atoms with Gasteiger partial charge in [0.15, 0.2) is 0 Å². The molecule has 0 aliphatic carbocycles. The van der Waals surface area contributed by atoms with E-state index in [4.69, 9.17) is 9.79 Å². The highest BCUT2D eigenvalue weighted by Gasteiger charge is 2.13. The maximum atomic E-state index is 10.2. The minimum absolute atomic E-state index is 0.266. The summed E-state index contributed by atoms with van der Waals surface area (Å²) in [4.78, 5) is 26.6. The summed E-state index contributed by atoms with van der Waals surface area (Å²) in [7, 11) is -1.85. The molecule has 0 aromatic heterocycles. The van der Waals surface area contributed by atoms with E-state index in [0.29, 0.717) is 0 Å². The maximum Gasteiger partial charge on any atom is 0.508 e. The van der Waals surface area contributed by atoms with Crippen LogP contribution in [0.1, 0.15) is 0 Å². The topological polar surface area (TPSA) is 128 Å². The molecule has 0 fully saturated rings. The Labute approximate surface area is 117 Å². The van der Waals surface area contributed by atoms with Crippen LogP contribution in [0.15, 0.2) is 36.4 Å². The molecule has 116 valence electrons. The predicted molar refractivity (Wildman–Crippen MR) is 72.9 cm³/mol. The summed E-state index contributed by atoms with van der Waals surface area (Å²) in [5.41, 5.74) is 4.50. The predicted octanol–water partition coefficient (Wildman–Crippen LogP) is 1.14. The van der Waals surface area contributed by atoms with E-state index in [1.807, 2.05) is 36.4 Å². The number of phosphoric acid groups is 1. The van der Waals surface area contributed by atoms with Gasteiger partial charge in [0, 0.05) is 0 Å². The highest BCUT2D eigenvalue weighted by atomic mass is 31.2. The molecule has 8 nitrogen and oxygen atoms in total. The third kappa shape index (κ3) is 18.9. The second kappa shape index (κ2) is 14.0. The van der Waals surface area contributed by atoms with Crippen molar-refractivity contribution in [2.24, 2.45) is 5.73 Å². The molecule has 0 heterocycles. The first-order valence-corrected chi connectivity index (χ1v) is 6.97. The van der Waals surface area contributed by atoms with E-state index in [-0.39, 0.29) is 13.2 Å². The number of nitrogens with two attached hydrogens (primary N) is 1. The molecule has 0 aliphatic rings. The van der Waals surface area contributed by atoms with E-state index in [2.05, 4.69) is 19.7 Å². The van der Waals surface area contributed by atoms with Crippen LogP contribution in [0.3, 0.4) is 0 Å². The van der Waals surface area contributed by atoms with Crippen molar-refractivity contribution in [2.45, 2.75) is 0 Å². The van der Waals surface area contributed by atoms with Crippen LogP contribution in [0.4, 0.5) is 4.79 Å². The lowest BCUT2D eigenvalue weighted by Gasteiger charge is -2.04. The first-order valence-electron chi connectivity index (χ1n) is 5.44. The van der Waals surface area contributed by atoms with Crippen LogP contribution in [-0.4, -0.2) is 43.3 Å². The Hall–Kier alpha value is -1.44. The molecule has 0 amide bonds. The molecule has 0 saturated heterocycles. The van der Waals surface area contributed by atoms with Gasteiger partial charge in [0.05, 0.1) is 13.7 Å². The summed E-state index contributed by atoms with van der Waals surface area (Å²) in [5, 5.41) is 0. The number of carbonyl (C=O) groups is 1. The zero-order valence-electron chi connectivity index (χ0n) is 11.3. The lowest BCUT2D eigenvalue weighted by atomic mass is 10.4. The van der Waals surface area contributed by atoms with Crippen LogP contribution in [0, 0.1) is 0 Å². The first kappa shape index (κ1) is 20.9. The molecule has 0 atom stereocenters. The van der Waals surface area contributed by atoms with Crippen LogP contribution < -0.4 is 5.73 Å². The smallest absolute Gasteiger partial charge is 0.438 e. The first-order chi connectivity index (χ1) is 9.45. The molecular weight excluding hydrogens is 289 g/mol. The third-order valence-electron chi connectivity index (χ3n) is 1.40. The molecule has 0 aliphatic heterocycles. The summed E-state index contributed by atoms with van der Waals surface area (Å²) >= 11 is 0. The molecule has 1 aromatic rings. The van der Waals surface area contributed by atoms with Crippen LogP contribution in [0.5, 0.6) is 0 Å². The van der Waals surface area contributed by atoms with Gasteiger partial charge in [-0.15, -0.1) is 0 Å². The largest absolute Gasteiger partial charge is 0.508 e. The van der Waals surface area contributed by atoms with Gasteiger partial charge >= 0.3 is 14.0 Å². The monoisotopic (exact) mass is 309 g/mol. The molecule has 0 spiro atoms. The number of ether oxygens (including phenoxy) is 2. The van der Waals surface area contributed by atoms with Crippen molar-refractivity contribution in [3.63, 3.8) is 0 Å². The second-order valence-corrected chi connectivity index (χ2v) is 4.02. The van der Waals surface area contributed by atoms with Crippen molar-refractivity contribution in [1.29, 1.82) is 0 Å². The number of carbonyl (C=O) groups excluding carboxylic acids is 1. The highest BCUT2D eigenvalue weighted by molar-refractivity contribution is 7.46. The quantitative estimate of drug-likeness (QED) is 0.429. The molecule has 20 heavy (non-hydrogen) atoms. The fourth-order valence-electron chi connectivity index (χ4n) is 0.725. The molecular formula is C11H20NO7P. The van der Waals surface area contributed by atoms with Crippen LogP contribution in [0.25, 0.3) is 0 Å². The Morgan fingerprint density at radius 3 is 1.75 bits per heavy atom. The van der Waals surface area contributed by atoms with E-state index in [0.717, 1.165) is 7.11 Å². The molecule has 1 rings (SSSR count). The van der Waals surface area contributed by atoms with E-state index in [1.54, 1.807) is 0 Å². The number of benzene rings is 1. The SMILES string of the molecule is CN.COC(=O)OCCOP(=O)(O)O.c1ccccc1. The Morgan fingerprint density at radius 1 is 1.05 bits per heavy atom. The van der Waals surface area contributed by atoms with Gasteiger partial charge in [-0.25, -0.2) is 9.36 Å². The van der Waals surface area contributed by atoms with Crippen LogP contribution in [0.2, 0.25) is 0 Å². The van der Waals surface area contributed by atoms with Gasteiger partial charge in [0.2, 0.25) is 0 Å². The fraction of sp³-hybridized carbons (Fsp3) is 0.364. The minimum atomic E-state index is -4.47. The average molecular weight is 309 g/mol. The van der Waals surface area contributed by atoms with E-state index in [1.165, 1.54) is 7.05 Å². The zero-order valence-corrected chi connectivity index (χ0v) is 12.2. The van der Waals surface area contributed by atoms with Gasteiger partial charge in [-0.3, -0.25) is 4.52 Å². The number of rotatable bonds is 4. The summed E-state index contributed by atoms with van der Waals surface area (Å²) in [6.45, 7) is -0.642. The van der Waals surface area contributed by atoms with E-state index < -0.39 is 14.0 Å². The van der Waals surface area contributed by atoms with E-state index in [9.17, 15) is 9.36 Å². The van der Waals surface area contributed by atoms with Crippen molar-refractivity contribution < 1.29 is 33.1 Å². The van der Waals surface area contributed by atoms with Crippen molar-refractivity contribution in [3.8, 4) is 0 Å². The maximum absolute atomic E-state index is 10.2. The summed E-state index contributed by atoms with van der Waals surface area (Å²) < 4.78 is 22.3. The molecule has 0 radical (unpaired) electrons. The molecule has 9 heteroatoms. The lowest BCUT2D eigenvalue weighted by Crippen LogP contribution is -2.09. The summed E-state index contributed by atoms with van der Waals surface area (Å²) in [5.74, 6) is 0. The van der Waals surface area contributed by atoms with Crippen molar-refractivity contribution in [3.05, 3.63) is 36.4 Å². The van der Waals surface area contributed by atoms with Gasteiger partial charge in [0.1, 0.15) is 6.61 Å².